The minimum Gasteiger partial charge on any atom is -0.489 e. The van der Waals surface area contributed by atoms with Crippen molar-refractivity contribution in [1.82, 2.24) is 4.90 Å². The van der Waals surface area contributed by atoms with E-state index < -0.39 is 5.97 Å². The summed E-state index contributed by atoms with van der Waals surface area (Å²) in [5.74, 6) is 0.0504. The van der Waals surface area contributed by atoms with Gasteiger partial charge in [0, 0.05) is 25.2 Å². The van der Waals surface area contributed by atoms with Crippen LogP contribution in [-0.2, 0) is 17.6 Å². The lowest BCUT2D eigenvalue weighted by Gasteiger charge is -2.37. The summed E-state index contributed by atoms with van der Waals surface area (Å²) in [5.41, 5.74) is 4.96. The van der Waals surface area contributed by atoms with Crippen molar-refractivity contribution in [3.63, 3.8) is 0 Å². The van der Waals surface area contributed by atoms with Crippen molar-refractivity contribution >= 4 is 12.0 Å². The molecule has 0 aromatic heterocycles. The summed E-state index contributed by atoms with van der Waals surface area (Å²) in [5, 5.41) is 8.96. The smallest absolute Gasteiger partial charge is 0.309 e. The molecule has 0 atom stereocenters. The fourth-order valence-corrected chi connectivity index (χ4v) is 3.58. The summed E-state index contributed by atoms with van der Waals surface area (Å²) in [4.78, 5) is 13.1. The van der Waals surface area contributed by atoms with Crippen LogP contribution in [0.1, 0.15) is 16.7 Å². The first kappa shape index (κ1) is 16.9. The molecule has 0 saturated carbocycles. The predicted octanol–water partition coefficient (Wildman–Crippen LogP) is 3.26. The standard InChI is InChI=1S/C22H23NO3/c24-22(25)20-13-23(14-20)12-18-10-19-9-8-17(11-21(19)26-15-18)7-6-16-4-2-1-3-5-16/h1-5,8-11,20H,6-7,12-15H2,(H,24,25). The molecule has 1 fully saturated rings. The van der Waals surface area contributed by atoms with E-state index in [9.17, 15) is 4.79 Å². The molecule has 4 rings (SSSR count). The SMILES string of the molecule is O=C(O)C1CN(CC2=Cc3ccc(CCc4ccccc4)cc3OC2)C1. The number of rotatable bonds is 6. The zero-order chi connectivity index (χ0) is 17.9. The molecule has 2 aliphatic rings. The highest BCUT2D eigenvalue weighted by Gasteiger charge is 2.32. The monoisotopic (exact) mass is 349 g/mol. The summed E-state index contributed by atoms with van der Waals surface area (Å²) in [7, 11) is 0. The Bertz CT molecular complexity index is 823. The Labute approximate surface area is 153 Å². The van der Waals surface area contributed by atoms with E-state index in [-0.39, 0.29) is 5.92 Å². The van der Waals surface area contributed by atoms with E-state index in [0.29, 0.717) is 19.7 Å². The molecule has 0 aliphatic carbocycles. The molecule has 2 aliphatic heterocycles. The maximum absolute atomic E-state index is 10.9. The fourth-order valence-electron chi connectivity index (χ4n) is 3.58. The van der Waals surface area contributed by atoms with Crippen molar-refractivity contribution in [3.05, 3.63) is 70.8 Å². The molecule has 0 radical (unpaired) electrons. The molecule has 0 unspecified atom stereocenters. The highest BCUT2D eigenvalue weighted by molar-refractivity contribution is 5.71. The van der Waals surface area contributed by atoms with Crippen molar-refractivity contribution in [1.29, 1.82) is 0 Å². The van der Waals surface area contributed by atoms with Crippen LogP contribution in [0.15, 0.2) is 54.1 Å². The molecule has 1 saturated heterocycles. The van der Waals surface area contributed by atoms with E-state index in [0.717, 1.165) is 30.7 Å². The van der Waals surface area contributed by atoms with Crippen molar-refractivity contribution in [2.75, 3.05) is 26.2 Å². The van der Waals surface area contributed by atoms with Gasteiger partial charge in [0.2, 0.25) is 0 Å². The van der Waals surface area contributed by atoms with Crippen molar-refractivity contribution in [2.45, 2.75) is 12.8 Å². The number of carboxylic acid groups (broad SMARTS) is 1. The summed E-state index contributed by atoms with van der Waals surface area (Å²) in [6.45, 7) is 2.65. The Morgan fingerprint density at radius 1 is 1.08 bits per heavy atom. The van der Waals surface area contributed by atoms with Gasteiger partial charge < -0.3 is 9.84 Å². The Kier molecular flexibility index (Phi) is 4.76. The zero-order valence-electron chi connectivity index (χ0n) is 14.7. The lowest BCUT2D eigenvalue weighted by atomic mass is 9.98. The Balaban J connectivity index is 1.36. The average molecular weight is 349 g/mol. The number of carboxylic acids is 1. The molecular weight excluding hydrogens is 326 g/mol. The van der Waals surface area contributed by atoms with Gasteiger partial charge in [-0.1, -0.05) is 42.5 Å². The third kappa shape index (κ3) is 3.81. The first-order valence-corrected chi connectivity index (χ1v) is 9.11. The van der Waals surface area contributed by atoms with E-state index in [1.807, 2.05) is 6.07 Å². The maximum Gasteiger partial charge on any atom is 0.309 e. The second kappa shape index (κ2) is 7.34. The average Bonchev–Trinajstić information content (AvgIpc) is 2.63. The van der Waals surface area contributed by atoms with Gasteiger partial charge in [0.1, 0.15) is 12.4 Å². The Morgan fingerprint density at radius 2 is 1.85 bits per heavy atom. The topological polar surface area (TPSA) is 49.8 Å². The van der Waals surface area contributed by atoms with Gasteiger partial charge in [-0.3, -0.25) is 9.69 Å². The van der Waals surface area contributed by atoms with Crippen molar-refractivity contribution in [3.8, 4) is 5.75 Å². The third-order valence-electron chi connectivity index (χ3n) is 5.13. The quantitative estimate of drug-likeness (QED) is 0.870. The number of aryl methyl sites for hydroxylation is 2. The van der Waals surface area contributed by atoms with E-state index in [2.05, 4.69) is 53.4 Å². The molecule has 0 bridgehead atoms. The van der Waals surface area contributed by atoms with E-state index in [1.54, 1.807) is 0 Å². The number of nitrogens with zero attached hydrogens (tertiary/aromatic N) is 1. The van der Waals surface area contributed by atoms with Gasteiger partial charge in [0.25, 0.3) is 0 Å². The van der Waals surface area contributed by atoms with Crippen LogP contribution >= 0.6 is 0 Å². The van der Waals surface area contributed by atoms with Gasteiger partial charge in [0.05, 0.1) is 5.92 Å². The third-order valence-corrected chi connectivity index (χ3v) is 5.13. The van der Waals surface area contributed by atoms with Crippen LogP contribution in [0.5, 0.6) is 5.75 Å². The molecule has 26 heavy (non-hydrogen) atoms. The van der Waals surface area contributed by atoms with Crippen LogP contribution in [0.25, 0.3) is 6.08 Å². The Morgan fingerprint density at radius 3 is 2.62 bits per heavy atom. The summed E-state index contributed by atoms with van der Waals surface area (Å²) < 4.78 is 5.96. The van der Waals surface area contributed by atoms with Crippen LogP contribution in [0.2, 0.25) is 0 Å². The first-order valence-electron chi connectivity index (χ1n) is 9.11. The van der Waals surface area contributed by atoms with Crippen LogP contribution in [0, 0.1) is 5.92 Å². The van der Waals surface area contributed by atoms with Crippen LogP contribution in [0.4, 0.5) is 0 Å². The largest absolute Gasteiger partial charge is 0.489 e. The second-order valence-corrected chi connectivity index (χ2v) is 7.18. The number of hydrogen-bond donors (Lipinski definition) is 1. The molecule has 2 heterocycles. The van der Waals surface area contributed by atoms with Gasteiger partial charge >= 0.3 is 5.97 Å². The fraction of sp³-hybridized carbons (Fsp3) is 0.318. The molecule has 0 spiro atoms. The summed E-state index contributed by atoms with van der Waals surface area (Å²) in [6.07, 6.45) is 4.22. The number of ether oxygens (including phenoxy) is 1. The molecule has 4 nitrogen and oxygen atoms in total. The predicted molar refractivity (Wildman–Crippen MR) is 101 cm³/mol. The lowest BCUT2D eigenvalue weighted by Crippen LogP contribution is -2.51. The van der Waals surface area contributed by atoms with Crippen molar-refractivity contribution < 1.29 is 14.6 Å². The Hall–Kier alpha value is -2.59. The number of aliphatic carboxylic acids is 1. The van der Waals surface area contributed by atoms with Crippen LogP contribution in [0.3, 0.4) is 0 Å². The number of hydrogen-bond acceptors (Lipinski definition) is 3. The van der Waals surface area contributed by atoms with Crippen LogP contribution in [-0.4, -0.2) is 42.2 Å². The zero-order valence-corrected chi connectivity index (χ0v) is 14.7. The summed E-state index contributed by atoms with van der Waals surface area (Å²) in [6, 6.07) is 17.0. The normalized spacial score (nSPS) is 17.0. The van der Waals surface area contributed by atoms with E-state index in [4.69, 9.17) is 9.84 Å². The molecule has 2 aromatic carbocycles. The number of likely N-dealkylation sites (tertiary alicyclic amines) is 1. The second-order valence-electron chi connectivity index (χ2n) is 7.18. The van der Waals surface area contributed by atoms with Gasteiger partial charge in [-0.15, -0.1) is 0 Å². The molecule has 134 valence electrons. The maximum atomic E-state index is 10.9. The number of fused-ring (bicyclic) bond motifs is 1. The van der Waals surface area contributed by atoms with Crippen molar-refractivity contribution in [2.24, 2.45) is 5.92 Å². The molecule has 1 N–H and O–H groups in total. The molecule has 2 aromatic rings. The highest BCUT2D eigenvalue weighted by Crippen LogP contribution is 2.29. The lowest BCUT2D eigenvalue weighted by molar-refractivity contribution is -0.147. The van der Waals surface area contributed by atoms with Gasteiger partial charge in [-0.05, 0) is 41.7 Å². The first-order chi connectivity index (χ1) is 12.7. The van der Waals surface area contributed by atoms with E-state index >= 15 is 0 Å². The van der Waals surface area contributed by atoms with Gasteiger partial charge in [-0.2, -0.15) is 0 Å². The van der Waals surface area contributed by atoms with Gasteiger partial charge in [0.15, 0.2) is 0 Å². The van der Waals surface area contributed by atoms with E-state index in [1.165, 1.54) is 16.7 Å². The molecule has 4 heteroatoms. The number of carbonyl (C=O) groups is 1. The molecule has 0 amide bonds. The highest BCUT2D eigenvalue weighted by atomic mass is 16.5. The van der Waals surface area contributed by atoms with Crippen LogP contribution < -0.4 is 4.74 Å². The molecular formula is C22H23NO3. The number of benzene rings is 2. The minimum atomic E-state index is -0.691. The van der Waals surface area contributed by atoms with Gasteiger partial charge in [-0.25, -0.2) is 0 Å². The summed E-state index contributed by atoms with van der Waals surface area (Å²) >= 11 is 0. The minimum absolute atomic E-state index is 0.209.